The maximum absolute atomic E-state index is 13.8. The van der Waals surface area contributed by atoms with Crippen molar-refractivity contribution in [2.45, 2.75) is 4.90 Å². The number of ether oxygens (including phenoxy) is 3. The van der Waals surface area contributed by atoms with E-state index >= 15 is 0 Å². The molecule has 0 spiro atoms. The first-order valence-electron chi connectivity index (χ1n) is 7.69. The summed E-state index contributed by atoms with van der Waals surface area (Å²) in [6, 6.07) is 8.21. The molecule has 9 heteroatoms. The number of halogens is 1. The van der Waals surface area contributed by atoms with Crippen molar-refractivity contribution in [2.75, 3.05) is 26.2 Å². The van der Waals surface area contributed by atoms with Crippen LogP contribution in [0, 0.1) is 5.82 Å². The molecule has 3 rings (SSSR count). The van der Waals surface area contributed by atoms with Crippen LogP contribution in [-0.4, -0.2) is 35.7 Å². The average molecular weight is 393 g/mol. The number of hydrogen-bond donors (Lipinski definition) is 0. The average Bonchev–Trinajstić information content (AvgIpc) is 2.67. The van der Waals surface area contributed by atoms with E-state index in [1.807, 2.05) is 0 Å². The number of carbonyl (C=O) groups is 1. The van der Waals surface area contributed by atoms with Gasteiger partial charge in [0.05, 0.1) is 37.6 Å². The molecule has 0 unspecified atom stereocenters. The van der Waals surface area contributed by atoms with Gasteiger partial charge in [-0.2, -0.15) is 0 Å². The predicted molar refractivity (Wildman–Crippen MR) is 95.4 cm³/mol. The zero-order chi connectivity index (χ0) is 19.8. The lowest BCUT2D eigenvalue weighted by molar-refractivity contribution is -0.135. The molecule has 1 heterocycles. The van der Waals surface area contributed by atoms with Gasteiger partial charge in [-0.25, -0.2) is 17.6 Å². The summed E-state index contributed by atoms with van der Waals surface area (Å²) < 4.78 is 54.5. The third kappa shape index (κ3) is 3.10. The molecule has 0 saturated heterocycles. The minimum atomic E-state index is -4.26. The van der Waals surface area contributed by atoms with Crippen molar-refractivity contribution >= 4 is 27.2 Å². The number of fused-ring (bicyclic) bond motifs is 1. The molecule has 0 aromatic heterocycles. The molecule has 0 atom stereocenters. The highest BCUT2D eigenvalue weighted by Crippen LogP contribution is 2.44. The largest absolute Gasteiger partial charge is 0.497 e. The second kappa shape index (κ2) is 6.92. The molecule has 0 amide bonds. The van der Waals surface area contributed by atoms with Crippen LogP contribution in [0.2, 0.25) is 0 Å². The lowest BCUT2D eigenvalue weighted by atomic mass is 10.2. The minimum Gasteiger partial charge on any atom is -0.497 e. The van der Waals surface area contributed by atoms with E-state index in [4.69, 9.17) is 9.47 Å². The van der Waals surface area contributed by atoms with Crippen molar-refractivity contribution in [1.29, 1.82) is 0 Å². The number of anilines is 2. The van der Waals surface area contributed by atoms with Gasteiger partial charge in [-0.1, -0.05) is 0 Å². The number of rotatable bonds is 4. The molecular weight excluding hydrogens is 377 g/mol. The second-order valence-electron chi connectivity index (χ2n) is 5.51. The molecule has 1 aliphatic heterocycles. The van der Waals surface area contributed by atoms with Gasteiger partial charge < -0.3 is 19.1 Å². The molecule has 0 saturated carbocycles. The molecule has 0 radical (unpaired) electrons. The Morgan fingerprint density at radius 3 is 2.37 bits per heavy atom. The van der Waals surface area contributed by atoms with Gasteiger partial charge in [0.25, 0.3) is 0 Å². The van der Waals surface area contributed by atoms with Crippen LogP contribution in [0.25, 0.3) is 0 Å². The Bertz CT molecular complexity index is 1050. The third-order valence-corrected chi connectivity index (χ3v) is 5.80. The molecule has 1 aliphatic rings. The third-order valence-electron chi connectivity index (χ3n) is 4.04. The summed E-state index contributed by atoms with van der Waals surface area (Å²) >= 11 is 0. The standard InChI is InChI=1S/C18H16FNO6S/c1-24-12-5-7-15(25-2)14(9-12)20-10-17(18(21)26-3)27(22,23)16-8-11(19)4-6-13(16)20/h4-10H,1-3H3. The summed E-state index contributed by atoms with van der Waals surface area (Å²) in [5.74, 6) is -0.931. The second-order valence-corrected chi connectivity index (χ2v) is 7.39. The van der Waals surface area contributed by atoms with Crippen molar-refractivity contribution < 1.29 is 31.8 Å². The van der Waals surface area contributed by atoms with E-state index in [9.17, 15) is 17.6 Å². The first-order valence-corrected chi connectivity index (χ1v) is 9.18. The van der Waals surface area contributed by atoms with Crippen LogP contribution < -0.4 is 14.4 Å². The van der Waals surface area contributed by atoms with Crippen molar-refractivity contribution in [3.63, 3.8) is 0 Å². The molecule has 0 aliphatic carbocycles. The van der Waals surface area contributed by atoms with E-state index in [2.05, 4.69) is 4.74 Å². The Labute approximate surface area is 155 Å². The van der Waals surface area contributed by atoms with E-state index in [1.54, 1.807) is 18.2 Å². The van der Waals surface area contributed by atoms with Crippen LogP contribution >= 0.6 is 0 Å². The van der Waals surface area contributed by atoms with Crippen LogP contribution in [0.5, 0.6) is 11.5 Å². The Morgan fingerprint density at radius 1 is 1.00 bits per heavy atom. The van der Waals surface area contributed by atoms with E-state index in [0.29, 0.717) is 17.2 Å². The van der Waals surface area contributed by atoms with Crippen LogP contribution in [-0.2, 0) is 19.4 Å². The first kappa shape index (κ1) is 18.7. The fraction of sp³-hybridized carbons (Fsp3) is 0.167. The molecule has 2 aromatic rings. The Hall–Kier alpha value is -3.07. The van der Waals surface area contributed by atoms with Gasteiger partial charge in [0, 0.05) is 12.3 Å². The summed E-state index contributed by atoms with van der Waals surface area (Å²) in [5.41, 5.74) is 0.566. The first-order chi connectivity index (χ1) is 12.8. The number of sulfone groups is 1. The van der Waals surface area contributed by atoms with Crippen molar-refractivity contribution in [1.82, 2.24) is 0 Å². The van der Waals surface area contributed by atoms with Crippen LogP contribution in [0.3, 0.4) is 0 Å². The Kier molecular flexibility index (Phi) is 4.79. The maximum atomic E-state index is 13.8. The van der Waals surface area contributed by atoms with Crippen LogP contribution in [0.15, 0.2) is 52.4 Å². The van der Waals surface area contributed by atoms with E-state index < -0.39 is 26.5 Å². The van der Waals surface area contributed by atoms with E-state index in [0.717, 1.165) is 25.4 Å². The normalized spacial score (nSPS) is 14.8. The molecule has 0 N–H and O–H groups in total. The fourth-order valence-electron chi connectivity index (χ4n) is 2.72. The zero-order valence-electron chi connectivity index (χ0n) is 14.7. The quantitative estimate of drug-likeness (QED) is 0.739. The highest BCUT2D eigenvalue weighted by molar-refractivity contribution is 7.96. The number of nitrogens with zero attached hydrogens (tertiary/aromatic N) is 1. The summed E-state index contributed by atoms with van der Waals surface area (Å²) in [6.45, 7) is 0. The van der Waals surface area contributed by atoms with Gasteiger partial charge in [0.15, 0.2) is 4.91 Å². The Balaban J connectivity index is 2.34. The molecule has 0 fully saturated rings. The number of esters is 1. The number of benzene rings is 2. The summed E-state index contributed by atoms with van der Waals surface area (Å²) in [4.78, 5) is 12.5. The zero-order valence-corrected chi connectivity index (χ0v) is 15.5. The highest BCUT2D eigenvalue weighted by Gasteiger charge is 2.37. The van der Waals surface area contributed by atoms with Gasteiger partial charge in [0.1, 0.15) is 17.3 Å². The van der Waals surface area contributed by atoms with Gasteiger partial charge in [-0.05, 0) is 30.3 Å². The molecular formula is C18H16FNO6S. The van der Waals surface area contributed by atoms with Crippen LogP contribution in [0.4, 0.5) is 15.8 Å². The van der Waals surface area contributed by atoms with Crippen molar-refractivity contribution in [2.24, 2.45) is 0 Å². The van der Waals surface area contributed by atoms with Gasteiger partial charge >= 0.3 is 5.97 Å². The summed E-state index contributed by atoms with van der Waals surface area (Å²) in [6.07, 6.45) is 1.12. The lowest BCUT2D eigenvalue weighted by Crippen LogP contribution is -2.26. The molecule has 0 bridgehead atoms. The molecule has 27 heavy (non-hydrogen) atoms. The number of hydrogen-bond acceptors (Lipinski definition) is 7. The smallest absolute Gasteiger partial charge is 0.351 e. The molecule has 7 nitrogen and oxygen atoms in total. The van der Waals surface area contributed by atoms with E-state index in [1.165, 1.54) is 25.2 Å². The van der Waals surface area contributed by atoms with E-state index in [-0.39, 0.29) is 10.6 Å². The Morgan fingerprint density at radius 2 is 1.74 bits per heavy atom. The van der Waals surface area contributed by atoms with Gasteiger partial charge in [0.2, 0.25) is 9.84 Å². The lowest BCUT2D eigenvalue weighted by Gasteiger charge is -2.29. The van der Waals surface area contributed by atoms with Crippen molar-refractivity contribution in [3.8, 4) is 11.5 Å². The topological polar surface area (TPSA) is 82.1 Å². The number of carbonyl (C=O) groups excluding carboxylic acids is 1. The SMILES string of the molecule is COC(=O)C1=CN(c2cc(OC)ccc2OC)c2ccc(F)cc2S1(=O)=O. The van der Waals surface area contributed by atoms with Crippen molar-refractivity contribution in [3.05, 3.63) is 53.3 Å². The number of methoxy groups -OCH3 is 3. The summed E-state index contributed by atoms with van der Waals surface area (Å²) in [5, 5.41) is 0. The monoisotopic (exact) mass is 393 g/mol. The molecule has 142 valence electrons. The highest BCUT2D eigenvalue weighted by atomic mass is 32.2. The fourth-order valence-corrected chi connectivity index (χ4v) is 4.22. The van der Waals surface area contributed by atoms with Gasteiger partial charge in [-0.3, -0.25) is 0 Å². The summed E-state index contributed by atoms with van der Waals surface area (Å²) in [7, 11) is -0.270. The molecule has 2 aromatic carbocycles. The minimum absolute atomic E-state index is 0.163. The maximum Gasteiger partial charge on any atom is 0.351 e. The van der Waals surface area contributed by atoms with Gasteiger partial charge in [-0.15, -0.1) is 0 Å². The van der Waals surface area contributed by atoms with Crippen LogP contribution in [0.1, 0.15) is 0 Å². The predicted octanol–water partition coefficient (Wildman–Crippen LogP) is 2.78.